The van der Waals surface area contributed by atoms with Crippen molar-refractivity contribution in [2.75, 3.05) is 34.7 Å². The highest BCUT2D eigenvalue weighted by Gasteiger charge is 2.14. The highest BCUT2D eigenvalue weighted by atomic mass is 16.1. The van der Waals surface area contributed by atoms with Gasteiger partial charge in [0.05, 0.1) is 12.6 Å². The number of rotatable bonds is 4. The van der Waals surface area contributed by atoms with Gasteiger partial charge in [-0.2, -0.15) is 0 Å². The van der Waals surface area contributed by atoms with Crippen molar-refractivity contribution in [2.45, 2.75) is 13.0 Å². The molecule has 3 heteroatoms. The molecule has 0 aliphatic rings. The van der Waals surface area contributed by atoms with Crippen molar-refractivity contribution < 1.29 is 4.79 Å². The molecule has 0 N–H and O–H groups in total. The number of ketones is 1. The lowest BCUT2D eigenvalue weighted by molar-refractivity contribution is -0.123. The molecule has 0 aromatic heterocycles. The molecule has 1 unspecified atom stereocenters. The fourth-order valence-corrected chi connectivity index (χ4v) is 0.732. The standard InChI is InChI=1S/C8H18N2O/c1-7(10(4)5)8(11)6-9(2)3/h7H,6H2,1-5H3. The molecule has 0 rings (SSSR count). The zero-order chi connectivity index (χ0) is 9.02. The van der Waals surface area contributed by atoms with Gasteiger partial charge < -0.3 is 4.90 Å². The average Bonchev–Trinajstić information content (AvgIpc) is 1.84. The lowest BCUT2D eigenvalue weighted by atomic mass is 10.2. The van der Waals surface area contributed by atoms with Crippen molar-refractivity contribution in [2.24, 2.45) is 0 Å². The maximum atomic E-state index is 11.3. The second-order valence-electron chi connectivity index (χ2n) is 3.34. The molecular formula is C8H18N2O. The van der Waals surface area contributed by atoms with E-state index in [1.54, 1.807) is 0 Å². The topological polar surface area (TPSA) is 23.6 Å². The van der Waals surface area contributed by atoms with Gasteiger partial charge in [-0.15, -0.1) is 0 Å². The Bertz CT molecular complexity index is 132. The van der Waals surface area contributed by atoms with E-state index in [4.69, 9.17) is 0 Å². The van der Waals surface area contributed by atoms with Crippen LogP contribution in [-0.2, 0) is 4.79 Å². The largest absolute Gasteiger partial charge is 0.302 e. The number of nitrogens with zero attached hydrogens (tertiary/aromatic N) is 2. The molecule has 0 saturated carbocycles. The lowest BCUT2D eigenvalue weighted by Gasteiger charge is -2.20. The van der Waals surface area contributed by atoms with Gasteiger partial charge in [0.2, 0.25) is 0 Å². The van der Waals surface area contributed by atoms with Gasteiger partial charge in [0.25, 0.3) is 0 Å². The van der Waals surface area contributed by atoms with Crippen molar-refractivity contribution in [3.8, 4) is 0 Å². The van der Waals surface area contributed by atoms with Gasteiger partial charge >= 0.3 is 0 Å². The number of likely N-dealkylation sites (N-methyl/N-ethyl adjacent to an activating group) is 2. The van der Waals surface area contributed by atoms with Crippen LogP contribution in [0.1, 0.15) is 6.92 Å². The van der Waals surface area contributed by atoms with Gasteiger partial charge in [-0.3, -0.25) is 9.69 Å². The summed E-state index contributed by atoms with van der Waals surface area (Å²) in [6.07, 6.45) is 0. The Kier molecular flexibility index (Phi) is 4.30. The molecule has 0 spiro atoms. The second-order valence-corrected chi connectivity index (χ2v) is 3.34. The van der Waals surface area contributed by atoms with Gasteiger partial charge in [-0.25, -0.2) is 0 Å². The minimum atomic E-state index is 0.0254. The molecule has 0 heterocycles. The Labute approximate surface area is 69.0 Å². The van der Waals surface area contributed by atoms with E-state index in [-0.39, 0.29) is 11.8 Å². The first kappa shape index (κ1) is 10.6. The highest BCUT2D eigenvalue weighted by molar-refractivity contribution is 5.85. The first-order valence-electron chi connectivity index (χ1n) is 3.79. The van der Waals surface area contributed by atoms with Crippen molar-refractivity contribution >= 4 is 5.78 Å². The van der Waals surface area contributed by atoms with Crippen LogP contribution in [0.25, 0.3) is 0 Å². The summed E-state index contributed by atoms with van der Waals surface area (Å²) in [5.41, 5.74) is 0. The summed E-state index contributed by atoms with van der Waals surface area (Å²) in [6.45, 7) is 2.45. The van der Waals surface area contributed by atoms with Gasteiger partial charge in [0, 0.05) is 0 Å². The summed E-state index contributed by atoms with van der Waals surface area (Å²) in [4.78, 5) is 15.1. The van der Waals surface area contributed by atoms with Crippen LogP contribution in [0.4, 0.5) is 0 Å². The predicted molar refractivity (Wildman–Crippen MR) is 46.7 cm³/mol. The average molecular weight is 158 g/mol. The number of hydrogen-bond donors (Lipinski definition) is 0. The van der Waals surface area contributed by atoms with E-state index in [0.717, 1.165) is 0 Å². The first-order valence-corrected chi connectivity index (χ1v) is 3.79. The van der Waals surface area contributed by atoms with Crippen LogP contribution in [0.5, 0.6) is 0 Å². The third-order valence-corrected chi connectivity index (χ3v) is 1.71. The Balaban J connectivity index is 3.83. The molecule has 0 fully saturated rings. The van der Waals surface area contributed by atoms with E-state index in [9.17, 15) is 4.79 Å². The number of Topliss-reactive ketones (excluding diaryl/α,β-unsaturated/α-hetero) is 1. The van der Waals surface area contributed by atoms with Gasteiger partial charge in [0.15, 0.2) is 5.78 Å². The quantitative estimate of drug-likeness (QED) is 0.578. The molecule has 0 aliphatic carbocycles. The zero-order valence-electron chi connectivity index (χ0n) is 8.09. The van der Waals surface area contributed by atoms with Crippen LogP contribution >= 0.6 is 0 Å². The predicted octanol–water partition coefficient (Wildman–Crippen LogP) is 0.0672. The molecule has 0 aliphatic heterocycles. The van der Waals surface area contributed by atoms with E-state index >= 15 is 0 Å². The summed E-state index contributed by atoms with van der Waals surface area (Å²) in [5, 5.41) is 0. The van der Waals surface area contributed by atoms with E-state index in [0.29, 0.717) is 6.54 Å². The highest BCUT2D eigenvalue weighted by Crippen LogP contribution is 1.93. The smallest absolute Gasteiger partial charge is 0.163 e. The molecule has 0 radical (unpaired) electrons. The zero-order valence-corrected chi connectivity index (χ0v) is 8.09. The number of hydrogen-bond acceptors (Lipinski definition) is 3. The molecular weight excluding hydrogens is 140 g/mol. The van der Waals surface area contributed by atoms with Crippen LogP contribution in [-0.4, -0.2) is 56.4 Å². The van der Waals surface area contributed by atoms with Crippen LogP contribution in [0.3, 0.4) is 0 Å². The van der Waals surface area contributed by atoms with Gasteiger partial charge in [-0.05, 0) is 35.1 Å². The normalized spacial score (nSPS) is 14.1. The van der Waals surface area contributed by atoms with Gasteiger partial charge in [0.1, 0.15) is 0 Å². The molecule has 66 valence electrons. The van der Waals surface area contributed by atoms with E-state index in [1.807, 2.05) is 44.9 Å². The second kappa shape index (κ2) is 4.46. The minimum absolute atomic E-state index is 0.0254. The summed E-state index contributed by atoms with van der Waals surface area (Å²) >= 11 is 0. The first-order chi connectivity index (χ1) is 4.95. The summed E-state index contributed by atoms with van der Waals surface area (Å²) in [7, 11) is 7.64. The van der Waals surface area contributed by atoms with Crippen molar-refractivity contribution in [1.82, 2.24) is 9.80 Å². The molecule has 0 saturated heterocycles. The maximum absolute atomic E-state index is 11.3. The number of carbonyl (C=O) groups excluding carboxylic acids is 1. The molecule has 3 nitrogen and oxygen atoms in total. The molecule has 0 aromatic rings. The Morgan fingerprint density at radius 2 is 1.73 bits per heavy atom. The van der Waals surface area contributed by atoms with Crippen molar-refractivity contribution in [3.63, 3.8) is 0 Å². The van der Waals surface area contributed by atoms with Crippen LogP contribution in [0, 0.1) is 0 Å². The Morgan fingerprint density at radius 1 is 1.27 bits per heavy atom. The van der Waals surface area contributed by atoms with Gasteiger partial charge in [-0.1, -0.05) is 0 Å². The molecule has 11 heavy (non-hydrogen) atoms. The summed E-state index contributed by atoms with van der Waals surface area (Å²) < 4.78 is 0. The maximum Gasteiger partial charge on any atom is 0.163 e. The molecule has 0 amide bonds. The molecule has 1 atom stereocenters. The third kappa shape index (κ3) is 4.11. The Morgan fingerprint density at radius 3 is 2.00 bits per heavy atom. The van der Waals surface area contributed by atoms with Crippen LogP contribution in [0.15, 0.2) is 0 Å². The minimum Gasteiger partial charge on any atom is -0.302 e. The molecule has 0 bridgehead atoms. The van der Waals surface area contributed by atoms with E-state index < -0.39 is 0 Å². The van der Waals surface area contributed by atoms with E-state index in [1.165, 1.54) is 0 Å². The molecule has 0 aromatic carbocycles. The van der Waals surface area contributed by atoms with Crippen molar-refractivity contribution in [1.29, 1.82) is 0 Å². The third-order valence-electron chi connectivity index (χ3n) is 1.71. The monoisotopic (exact) mass is 158 g/mol. The van der Waals surface area contributed by atoms with Crippen molar-refractivity contribution in [3.05, 3.63) is 0 Å². The van der Waals surface area contributed by atoms with Crippen LogP contribution < -0.4 is 0 Å². The van der Waals surface area contributed by atoms with E-state index in [2.05, 4.69) is 0 Å². The summed E-state index contributed by atoms with van der Waals surface area (Å²) in [6, 6.07) is 0.0254. The van der Waals surface area contributed by atoms with Crippen LogP contribution in [0.2, 0.25) is 0 Å². The number of carbonyl (C=O) groups is 1. The fraction of sp³-hybridized carbons (Fsp3) is 0.875. The lowest BCUT2D eigenvalue weighted by Crippen LogP contribution is -2.38. The summed E-state index contributed by atoms with van der Waals surface area (Å²) in [5.74, 6) is 0.264. The fourth-order valence-electron chi connectivity index (χ4n) is 0.732. The Hall–Kier alpha value is -0.410. The SMILES string of the molecule is CC(C(=O)CN(C)C)N(C)C.